The molecule has 18 heavy (non-hydrogen) atoms. The van der Waals surface area contributed by atoms with Crippen LogP contribution in [0.25, 0.3) is 0 Å². The quantitative estimate of drug-likeness (QED) is 0.818. The van der Waals surface area contributed by atoms with E-state index < -0.39 is 0 Å². The molecule has 0 aliphatic carbocycles. The molecule has 0 spiro atoms. The molecule has 1 amide bonds. The number of hydrogen-bond acceptors (Lipinski definition) is 3. The first-order valence-corrected chi connectivity index (χ1v) is 6.58. The van der Waals surface area contributed by atoms with Crippen molar-refractivity contribution in [2.45, 2.75) is 19.8 Å². The highest BCUT2D eigenvalue weighted by Gasteiger charge is 2.05. The lowest BCUT2D eigenvalue weighted by Crippen LogP contribution is -2.27. The van der Waals surface area contributed by atoms with E-state index in [0.717, 1.165) is 10.0 Å². The van der Waals surface area contributed by atoms with Crippen LogP contribution in [0, 0.1) is 0 Å². The maximum absolute atomic E-state index is 11.6. The summed E-state index contributed by atoms with van der Waals surface area (Å²) in [6, 6.07) is 7.55. The first kappa shape index (κ1) is 14.7. The number of amides is 1. The number of rotatable bonds is 6. The lowest BCUT2D eigenvalue weighted by molar-refractivity contribution is -0.143. The van der Waals surface area contributed by atoms with E-state index >= 15 is 0 Å². The van der Waals surface area contributed by atoms with Crippen LogP contribution < -0.4 is 5.32 Å². The zero-order valence-electron chi connectivity index (χ0n) is 10.2. The van der Waals surface area contributed by atoms with Gasteiger partial charge in [0.15, 0.2) is 0 Å². The molecule has 4 nitrogen and oxygen atoms in total. The molecule has 1 N–H and O–H groups in total. The molecule has 1 rings (SSSR count). The highest BCUT2D eigenvalue weighted by Crippen LogP contribution is 2.10. The number of hydrogen-bond donors (Lipinski definition) is 1. The number of carbonyl (C=O) groups is 2. The number of esters is 1. The van der Waals surface area contributed by atoms with Crippen molar-refractivity contribution in [3.8, 4) is 0 Å². The first-order valence-electron chi connectivity index (χ1n) is 5.78. The van der Waals surface area contributed by atoms with Gasteiger partial charge in [0.1, 0.15) is 0 Å². The summed E-state index contributed by atoms with van der Waals surface area (Å²) in [5.74, 6) is -0.386. The number of benzene rings is 1. The third kappa shape index (κ3) is 5.82. The molecule has 0 unspecified atom stereocenters. The smallest absolute Gasteiger partial charge is 0.307 e. The summed E-state index contributed by atoms with van der Waals surface area (Å²) < 4.78 is 5.74. The van der Waals surface area contributed by atoms with Crippen LogP contribution in [0.15, 0.2) is 28.7 Å². The Morgan fingerprint density at radius 1 is 1.28 bits per heavy atom. The Hall–Kier alpha value is -1.36. The molecule has 0 atom stereocenters. The summed E-state index contributed by atoms with van der Waals surface area (Å²) in [5.41, 5.74) is 0.937. The van der Waals surface area contributed by atoms with Gasteiger partial charge >= 0.3 is 5.97 Å². The fourth-order valence-electron chi connectivity index (χ4n) is 1.39. The van der Waals surface area contributed by atoms with Crippen LogP contribution in [0.1, 0.15) is 18.9 Å². The van der Waals surface area contributed by atoms with Crippen LogP contribution in [0.4, 0.5) is 0 Å². The molecule has 98 valence electrons. The first-order chi connectivity index (χ1) is 8.61. The molecule has 5 heteroatoms. The van der Waals surface area contributed by atoms with Gasteiger partial charge in [0.2, 0.25) is 5.91 Å². The molecule has 0 radical (unpaired) electrons. The molecule has 0 bridgehead atoms. The summed E-state index contributed by atoms with van der Waals surface area (Å²) >= 11 is 3.33. The topological polar surface area (TPSA) is 55.4 Å². The number of ether oxygens (including phenoxy) is 1. The number of carbonyl (C=O) groups excluding carboxylic acids is 2. The zero-order chi connectivity index (χ0) is 13.4. The van der Waals surface area contributed by atoms with E-state index in [9.17, 15) is 9.59 Å². The molecule has 1 aromatic rings. The van der Waals surface area contributed by atoms with E-state index in [1.807, 2.05) is 24.3 Å². The van der Waals surface area contributed by atoms with Crippen molar-refractivity contribution >= 4 is 27.8 Å². The Labute approximate surface area is 115 Å². The largest absolute Gasteiger partial charge is 0.466 e. The van der Waals surface area contributed by atoms with Gasteiger partial charge in [0.25, 0.3) is 0 Å². The molecular formula is C13H16BrNO3. The minimum Gasteiger partial charge on any atom is -0.466 e. The Morgan fingerprint density at radius 2 is 1.94 bits per heavy atom. The van der Waals surface area contributed by atoms with Gasteiger partial charge in [-0.1, -0.05) is 28.1 Å². The van der Waals surface area contributed by atoms with Crippen LogP contribution in [0.3, 0.4) is 0 Å². The van der Waals surface area contributed by atoms with Gasteiger partial charge in [0, 0.05) is 11.0 Å². The molecular weight excluding hydrogens is 298 g/mol. The van der Waals surface area contributed by atoms with Gasteiger partial charge in [-0.15, -0.1) is 0 Å². The second-order valence-corrected chi connectivity index (χ2v) is 4.62. The van der Waals surface area contributed by atoms with Crippen molar-refractivity contribution in [1.82, 2.24) is 5.32 Å². The molecule has 0 fully saturated rings. The van der Waals surface area contributed by atoms with Gasteiger partial charge in [0.05, 0.1) is 19.4 Å². The van der Waals surface area contributed by atoms with E-state index in [4.69, 9.17) is 4.74 Å². The van der Waals surface area contributed by atoms with E-state index in [-0.39, 0.29) is 18.3 Å². The second kappa shape index (κ2) is 7.87. The summed E-state index contributed by atoms with van der Waals surface area (Å²) in [6.07, 6.45) is 0.524. The fourth-order valence-corrected chi connectivity index (χ4v) is 1.65. The van der Waals surface area contributed by atoms with Crippen molar-refractivity contribution in [3.63, 3.8) is 0 Å². The Morgan fingerprint density at radius 3 is 2.56 bits per heavy atom. The predicted molar refractivity (Wildman–Crippen MR) is 72.1 cm³/mol. The van der Waals surface area contributed by atoms with Gasteiger partial charge in [-0.2, -0.15) is 0 Å². The Kier molecular flexibility index (Phi) is 6.43. The lowest BCUT2D eigenvalue weighted by atomic mass is 10.1. The van der Waals surface area contributed by atoms with Crippen LogP contribution in [-0.2, 0) is 20.7 Å². The van der Waals surface area contributed by atoms with Gasteiger partial charge in [-0.05, 0) is 24.6 Å². The Balaban J connectivity index is 2.25. The van der Waals surface area contributed by atoms with Crippen LogP contribution >= 0.6 is 15.9 Å². The van der Waals surface area contributed by atoms with Gasteiger partial charge in [-0.3, -0.25) is 9.59 Å². The van der Waals surface area contributed by atoms with Crippen molar-refractivity contribution < 1.29 is 14.3 Å². The summed E-state index contributed by atoms with van der Waals surface area (Å²) in [4.78, 5) is 22.6. The monoisotopic (exact) mass is 313 g/mol. The zero-order valence-corrected chi connectivity index (χ0v) is 11.8. The fraction of sp³-hybridized carbons (Fsp3) is 0.385. The molecule has 0 saturated carbocycles. The maximum atomic E-state index is 11.6. The highest BCUT2D eigenvalue weighted by atomic mass is 79.9. The third-order valence-electron chi connectivity index (χ3n) is 2.23. The van der Waals surface area contributed by atoms with Gasteiger partial charge < -0.3 is 10.1 Å². The van der Waals surface area contributed by atoms with Crippen molar-refractivity contribution in [2.24, 2.45) is 0 Å². The molecule has 0 aliphatic rings. The molecule has 0 saturated heterocycles. The third-order valence-corrected chi connectivity index (χ3v) is 2.76. The van der Waals surface area contributed by atoms with Crippen molar-refractivity contribution in [1.29, 1.82) is 0 Å². The van der Waals surface area contributed by atoms with Crippen LogP contribution in [0.2, 0.25) is 0 Å². The summed E-state index contributed by atoms with van der Waals surface area (Å²) in [7, 11) is 0. The standard InChI is InChI=1S/C13H16BrNO3/c1-2-18-13(17)7-8-15-12(16)9-10-3-5-11(14)6-4-10/h3-6H,2,7-9H2,1H3,(H,15,16). The van der Waals surface area contributed by atoms with E-state index in [1.165, 1.54) is 0 Å². The number of halogens is 1. The van der Waals surface area contributed by atoms with E-state index in [0.29, 0.717) is 19.6 Å². The maximum Gasteiger partial charge on any atom is 0.307 e. The highest BCUT2D eigenvalue weighted by molar-refractivity contribution is 9.10. The number of nitrogens with one attached hydrogen (secondary N) is 1. The predicted octanol–water partition coefficient (Wildman–Crippen LogP) is 2.06. The Bertz CT molecular complexity index is 403. The van der Waals surface area contributed by atoms with Gasteiger partial charge in [-0.25, -0.2) is 0 Å². The average molecular weight is 314 g/mol. The molecule has 0 aliphatic heterocycles. The normalized spacial score (nSPS) is 9.89. The minimum atomic E-state index is -0.290. The van der Waals surface area contributed by atoms with Crippen LogP contribution in [-0.4, -0.2) is 25.0 Å². The molecule has 1 aromatic carbocycles. The lowest BCUT2D eigenvalue weighted by Gasteiger charge is -2.05. The summed E-state index contributed by atoms with van der Waals surface area (Å²) in [5, 5.41) is 2.68. The molecule has 0 heterocycles. The molecule has 0 aromatic heterocycles. The summed E-state index contributed by atoms with van der Waals surface area (Å²) in [6.45, 7) is 2.43. The van der Waals surface area contributed by atoms with E-state index in [2.05, 4.69) is 21.2 Å². The van der Waals surface area contributed by atoms with E-state index in [1.54, 1.807) is 6.92 Å². The second-order valence-electron chi connectivity index (χ2n) is 3.71. The van der Waals surface area contributed by atoms with Crippen molar-refractivity contribution in [3.05, 3.63) is 34.3 Å². The van der Waals surface area contributed by atoms with Crippen LogP contribution in [0.5, 0.6) is 0 Å². The SMILES string of the molecule is CCOC(=O)CCNC(=O)Cc1ccc(Br)cc1. The van der Waals surface area contributed by atoms with Crippen molar-refractivity contribution in [2.75, 3.05) is 13.2 Å². The average Bonchev–Trinajstić information content (AvgIpc) is 2.32. The minimum absolute atomic E-state index is 0.0957.